The molecule has 0 unspecified atom stereocenters. The molecule has 0 radical (unpaired) electrons. The van der Waals surface area contributed by atoms with Gasteiger partial charge in [0.05, 0.1) is 12.1 Å². The van der Waals surface area contributed by atoms with E-state index in [2.05, 4.69) is 15.4 Å². The largest absolute Gasteiger partial charge is 0.573 e. The Hall–Kier alpha value is -2.78. The van der Waals surface area contributed by atoms with E-state index in [0.29, 0.717) is 12.0 Å². The minimum atomic E-state index is -4.76. The Balaban J connectivity index is 1.97. The summed E-state index contributed by atoms with van der Waals surface area (Å²) in [6.07, 6.45) is -6.01. The van der Waals surface area contributed by atoms with Gasteiger partial charge in [0.15, 0.2) is 0 Å². The fourth-order valence-electron chi connectivity index (χ4n) is 2.97. The normalized spacial score (nSPS) is 13.8. The standard InChI is InChI=1S/C23H29F3N2O4/c1-22(2,3)32-21(30)28-19(13-16-8-5-4-6-9-16)20(29)15-27-14-17-10-7-11-18(12-17)31-23(24,25)26/h4-12,19-20,27,29H,13-15H2,1-3H3,(H,28,30)/t19-,20+/m0/s1. The summed E-state index contributed by atoms with van der Waals surface area (Å²) < 4.78 is 46.4. The summed E-state index contributed by atoms with van der Waals surface area (Å²) in [6, 6.07) is 14.3. The topological polar surface area (TPSA) is 79.8 Å². The number of hydrogen-bond donors (Lipinski definition) is 3. The summed E-state index contributed by atoms with van der Waals surface area (Å²) in [4.78, 5) is 12.2. The van der Waals surface area contributed by atoms with Crippen LogP contribution in [-0.2, 0) is 17.7 Å². The Labute approximate surface area is 185 Å². The average Bonchev–Trinajstić information content (AvgIpc) is 2.65. The maximum atomic E-state index is 12.4. The highest BCUT2D eigenvalue weighted by Gasteiger charge is 2.31. The van der Waals surface area contributed by atoms with Gasteiger partial charge in [-0.1, -0.05) is 42.5 Å². The molecule has 2 atom stereocenters. The van der Waals surface area contributed by atoms with Crippen LogP contribution in [0.3, 0.4) is 0 Å². The lowest BCUT2D eigenvalue weighted by Gasteiger charge is -2.27. The molecule has 0 saturated heterocycles. The number of aliphatic hydroxyl groups is 1. The Bertz CT molecular complexity index is 854. The van der Waals surface area contributed by atoms with Crippen LogP contribution in [0.15, 0.2) is 54.6 Å². The first-order valence-corrected chi connectivity index (χ1v) is 10.2. The summed E-state index contributed by atoms with van der Waals surface area (Å²) in [6.45, 7) is 5.53. The lowest BCUT2D eigenvalue weighted by atomic mass is 10.0. The van der Waals surface area contributed by atoms with E-state index in [4.69, 9.17) is 4.74 Å². The second-order valence-electron chi connectivity index (χ2n) is 8.34. The van der Waals surface area contributed by atoms with Gasteiger partial charge in [0, 0.05) is 13.1 Å². The van der Waals surface area contributed by atoms with E-state index in [-0.39, 0.29) is 18.8 Å². The zero-order chi connectivity index (χ0) is 23.8. The first-order chi connectivity index (χ1) is 14.9. The van der Waals surface area contributed by atoms with Gasteiger partial charge >= 0.3 is 12.5 Å². The van der Waals surface area contributed by atoms with Crippen molar-refractivity contribution in [1.29, 1.82) is 0 Å². The number of alkyl halides is 3. The van der Waals surface area contributed by atoms with Gasteiger partial charge in [-0.05, 0) is 50.5 Å². The number of ether oxygens (including phenoxy) is 2. The molecule has 1 amide bonds. The molecule has 0 bridgehead atoms. The van der Waals surface area contributed by atoms with E-state index < -0.39 is 30.2 Å². The molecule has 9 heteroatoms. The van der Waals surface area contributed by atoms with Crippen molar-refractivity contribution in [2.75, 3.05) is 6.54 Å². The quantitative estimate of drug-likeness (QED) is 0.530. The number of alkyl carbamates (subject to hydrolysis) is 1. The maximum absolute atomic E-state index is 12.4. The number of hydrogen-bond acceptors (Lipinski definition) is 5. The minimum absolute atomic E-state index is 0.0949. The van der Waals surface area contributed by atoms with Crippen LogP contribution in [0, 0.1) is 0 Å². The monoisotopic (exact) mass is 454 g/mol. The number of carbonyl (C=O) groups is 1. The third-order valence-corrected chi connectivity index (χ3v) is 4.28. The predicted molar refractivity (Wildman–Crippen MR) is 114 cm³/mol. The third-order valence-electron chi connectivity index (χ3n) is 4.28. The van der Waals surface area contributed by atoms with Crippen LogP contribution >= 0.6 is 0 Å². The minimum Gasteiger partial charge on any atom is -0.444 e. The molecule has 3 N–H and O–H groups in total. The van der Waals surface area contributed by atoms with Gasteiger partial charge in [-0.15, -0.1) is 13.2 Å². The Kier molecular flexibility index (Phi) is 8.91. The van der Waals surface area contributed by atoms with Crippen molar-refractivity contribution < 1.29 is 32.5 Å². The second kappa shape index (κ2) is 11.2. The van der Waals surface area contributed by atoms with Gasteiger partial charge in [-0.2, -0.15) is 0 Å². The van der Waals surface area contributed by atoms with Crippen LogP contribution < -0.4 is 15.4 Å². The Morgan fingerprint density at radius 1 is 1.03 bits per heavy atom. The first-order valence-electron chi connectivity index (χ1n) is 10.2. The molecule has 0 aromatic heterocycles. The number of amides is 1. The molecule has 32 heavy (non-hydrogen) atoms. The number of carbonyl (C=O) groups excluding carboxylic acids is 1. The number of nitrogens with one attached hydrogen (secondary N) is 2. The number of benzene rings is 2. The highest BCUT2D eigenvalue weighted by Crippen LogP contribution is 2.23. The molecule has 0 heterocycles. The molecule has 176 valence electrons. The molecule has 0 saturated carbocycles. The van der Waals surface area contributed by atoms with E-state index in [1.807, 2.05) is 30.3 Å². The molecule has 0 aliphatic rings. The van der Waals surface area contributed by atoms with Gasteiger partial charge in [0.25, 0.3) is 0 Å². The smallest absolute Gasteiger partial charge is 0.444 e. The lowest BCUT2D eigenvalue weighted by molar-refractivity contribution is -0.274. The molecule has 0 aliphatic carbocycles. The third kappa shape index (κ3) is 10.0. The van der Waals surface area contributed by atoms with E-state index in [9.17, 15) is 23.1 Å². The molecular formula is C23H29F3N2O4. The molecule has 2 rings (SSSR count). The molecule has 2 aromatic rings. The maximum Gasteiger partial charge on any atom is 0.573 e. The van der Waals surface area contributed by atoms with E-state index in [1.165, 1.54) is 18.2 Å². The van der Waals surface area contributed by atoms with Crippen LogP contribution in [-0.4, -0.2) is 41.9 Å². The average molecular weight is 454 g/mol. The van der Waals surface area contributed by atoms with Crippen LogP contribution in [0.2, 0.25) is 0 Å². The first kappa shape index (κ1) is 25.5. The fraction of sp³-hybridized carbons (Fsp3) is 0.435. The summed E-state index contributed by atoms with van der Waals surface area (Å²) in [5.74, 6) is -0.314. The number of aliphatic hydroxyl groups excluding tert-OH is 1. The zero-order valence-electron chi connectivity index (χ0n) is 18.3. The number of rotatable bonds is 9. The van der Waals surface area contributed by atoms with Crippen molar-refractivity contribution in [3.05, 3.63) is 65.7 Å². The van der Waals surface area contributed by atoms with Crippen molar-refractivity contribution in [3.8, 4) is 5.75 Å². The van der Waals surface area contributed by atoms with Crippen LogP contribution in [0.1, 0.15) is 31.9 Å². The summed E-state index contributed by atoms with van der Waals surface area (Å²) in [7, 11) is 0. The van der Waals surface area contributed by atoms with Crippen LogP contribution in [0.5, 0.6) is 5.75 Å². The Morgan fingerprint density at radius 2 is 1.69 bits per heavy atom. The van der Waals surface area contributed by atoms with E-state index in [1.54, 1.807) is 26.8 Å². The van der Waals surface area contributed by atoms with Crippen molar-refractivity contribution in [2.45, 2.75) is 57.8 Å². The Morgan fingerprint density at radius 3 is 2.31 bits per heavy atom. The SMILES string of the molecule is CC(C)(C)OC(=O)N[C@@H](Cc1ccccc1)[C@H](O)CNCc1cccc(OC(F)(F)F)c1. The fourth-order valence-corrected chi connectivity index (χ4v) is 2.97. The molecule has 0 fully saturated rings. The summed E-state index contributed by atoms with van der Waals surface area (Å²) >= 11 is 0. The van der Waals surface area contributed by atoms with E-state index in [0.717, 1.165) is 5.56 Å². The van der Waals surface area contributed by atoms with Crippen LogP contribution in [0.25, 0.3) is 0 Å². The summed E-state index contributed by atoms with van der Waals surface area (Å²) in [5.41, 5.74) is 0.789. The van der Waals surface area contributed by atoms with Gasteiger partial charge < -0.3 is 25.2 Å². The predicted octanol–water partition coefficient (Wildman–Crippen LogP) is 4.17. The van der Waals surface area contributed by atoms with Crippen molar-refractivity contribution in [2.24, 2.45) is 0 Å². The molecule has 0 spiro atoms. The molecule has 2 aromatic carbocycles. The highest BCUT2D eigenvalue weighted by atomic mass is 19.4. The molecule has 0 aliphatic heterocycles. The van der Waals surface area contributed by atoms with E-state index >= 15 is 0 Å². The molecular weight excluding hydrogens is 425 g/mol. The number of halogens is 3. The zero-order valence-corrected chi connectivity index (χ0v) is 18.3. The van der Waals surface area contributed by atoms with Crippen LogP contribution in [0.4, 0.5) is 18.0 Å². The summed E-state index contributed by atoms with van der Waals surface area (Å²) in [5, 5.41) is 16.4. The van der Waals surface area contributed by atoms with Gasteiger partial charge in [0.1, 0.15) is 11.4 Å². The van der Waals surface area contributed by atoms with Gasteiger partial charge in [0.2, 0.25) is 0 Å². The molecule has 6 nitrogen and oxygen atoms in total. The van der Waals surface area contributed by atoms with Crippen molar-refractivity contribution in [1.82, 2.24) is 10.6 Å². The lowest BCUT2D eigenvalue weighted by Crippen LogP contribution is -2.49. The van der Waals surface area contributed by atoms with Gasteiger partial charge in [-0.25, -0.2) is 4.79 Å². The highest BCUT2D eigenvalue weighted by molar-refractivity contribution is 5.68. The van der Waals surface area contributed by atoms with Gasteiger partial charge in [-0.3, -0.25) is 0 Å². The van der Waals surface area contributed by atoms with Crippen molar-refractivity contribution >= 4 is 6.09 Å². The van der Waals surface area contributed by atoms with Crippen molar-refractivity contribution in [3.63, 3.8) is 0 Å². The second-order valence-corrected chi connectivity index (χ2v) is 8.34.